The second kappa shape index (κ2) is 4.40. The Morgan fingerprint density at radius 2 is 2.18 bits per heavy atom. The Hall–Kier alpha value is -0.340. The van der Waals surface area contributed by atoms with Crippen molar-refractivity contribution in [2.75, 3.05) is 6.61 Å². The molecule has 2 rings (SSSR count). The van der Waals surface area contributed by atoms with Gasteiger partial charge in [-0.2, -0.15) is 0 Å². The van der Waals surface area contributed by atoms with Crippen molar-refractivity contribution in [2.45, 2.75) is 58.0 Å². The smallest absolute Gasteiger partial charge is 0.0877 e. The molecule has 0 radical (unpaired) electrons. The number of rotatable bonds is 2. The van der Waals surface area contributed by atoms with Crippen molar-refractivity contribution in [1.82, 2.24) is 0 Å². The zero-order valence-corrected chi connectivity index (χ0v) is 11.2. The van der Waals surface area contributed by atoms with E-state index >= 15 is 0 Å². The average molecular weight is 238 g/mol. The first kappa shape index (κ1) is 13.1. The molecule has 2 heteroatoms. The third-order valence-corrected chi connectivity index (χ3v) is 5.36. The molecule has 0 bridgehead atoms. The highest BCUT2D eigenvalue weighted by atomic mass is 16.3. The van der Waals surface area contributed by atoms with Crippen LogP contribution >= 0.6 is 0 Å². The highest BCUT2D eigenvalue weighted by molar-refractivity contribution is 5.13. The molecule has 2 saturated carbocycles. The minimum Gasteiger partial charge on any atom is -0.393 e. The second-order valence-corrected chi connectivity index (χ2v) is 6.71. The van der Waals surface area contributed by atoms with Crippen molar-refractivity contribution in [2.24, 2.45) is 17.3 Å². The first-order valence-electron chi connectivity index (χ1n) is 6.90. The maximum absolute atomic E-state index is 10.2. The van der Waals surface area contributed by atoms with Gasteiger partial charge in [-0.25, -0.2) is 0 Å². The van der Waals surface area contributed by atoms with Crippen LogP contribution < -0.4 is 0 Å². The SMILES string of the molecule is C=C1CCC[C@]2(C)CCC(C(C)(O)CO)C[C@@H]12. The summed E-state index contributed by atoms with van der Waals surface area (Å²) in [6, 6.07) is 0. The predicted octanol–water partition coefficient (Wildman–Crippen LogP) is 2.89. The molecule has 0 spiro atoms. The fraction of sp³-hybridized carbons (Fsp3) is 0.867. The van der Waals surface area contributed by atoms with Crippen molar-refractivity contribution in [1.29, 1.82) is 0 Å². The van der Waals surface area contributed by atoms with E-state index in [1.54, 1.807) is 6.92 Å². The molecule has 0 heterocycles. The summed E-state index contributed by atoms with van der Waals surface area (Å²) >= 11 is 0. The standard InChI is InChI=1S/C15H26O2/c1-11-5-4-7-14(2)8-6-12(9-13(11)14)15(3,17)10-16/h12-13,16-17H,1,4-10H2,2-3H3/t12?,13-,14+,15?/m0/s1. The topological polar surface area (TPSA) is 40.5 Å². The van der Waals surface area contributed by atoms with Crippen LogP contribution in [0.5, 0.6) is 0 Å². The molecule has 4 atom stereocenters. The van der Waals surface area contributed by atoms with Crippen LogP contribution in [0.2, 0.25) is 0 Å². The predicted molar refractivity (Wildman–Crippen MR) is 69.6 cm³/mol. The molecular weight excluding hydrogens is 212 g/mol. The highest BCUT2D eigenvalue weighted by Crippen LogP contribution is 2.54. The summed E-state index contributed by atoms with van der Waals surface area (Å²) in [6.45, 7) is 8.26. The Balaban J connectivity index is 2.14. The van der Waals surface area contributed by atoms with Crippen LogP contribution in [-0.4, -0.2) is 22.4 Å². The quantitative estimate of drug-likeness (QED) is 0.726. The van der Waals surface area contributed by atoms with Gasteiger partial charge in [-0.05, 0) is 62.7 Å². The van der Waals surface area contributed by atoms with Gasteiger partial charge in [0.2, 0.25) is 0 Å². The fourth-order valence-corrected chi connectivity index (χ4v) is 3.91. The Bertz CT molecular complexity index is 308. The first-order valence-corrected chi connectivity index (χ1v) is 6.90. The first-order chi connectivity index (χ1) is 7.89. The van der Waals surface area contributed by atoms with Crippen molar-refractivity contribution < 1.29 is 10.2 Å². The summed E-state index contributed by atoms with van der Waals surface area (Å²) in [5.41, 5.74) is 0.855. The Morgan fingerprint density at radius 1 is 1.47 bits per heavy atom. The van der Waals surface area contributed by atoms with E-state index in [4.69, 9.17) is 0 Å². The third kappa shape index (κ3) is 2.30. The van der Waals surface area contributed by atoms with Gasteiger partial charge >= 0.3 is 0 Å². The van der Waals surface area contributed by atoms with Gasteiger partial charge in [0.05, 0.1) is 12.2 Å². The van der Waals surface area contributed by atoms with E-state index in [0.717, 1.165) is 25.7 Å². The number of fused-ring (bicyclic) bond motifs is 1. The van der Waals surface area contributed by atoms with Crippen molar-refractivity contribution >= 4 is 0 Å². The molecule has 0 aromatic rings. The Kier molecular flexibility index (Phi) is 3.39. The van der Waals surface area contributed by atoms with Crippen LogP contribution in [0.15, 0.2) is 12.2 Å². The van der Waals surface area contributed by atoms with Gasteiger partial charge < -0.3 is 10.2 Å². The minimum atomic E-state index is -0.918. The van der Waals surface area contributed by atoms with E-state index in [2.05, 4.69) is 13.5 Å². The number of aliphatic hydroxyl groups is 2. The van der Waals surface area contributed by atoms with Gasteiger partial charge in [-0.15, -0.1) is 0 Å². The molecule has 2 fully saturated rings. The Morgan fingerprint density at radius 3 is 2.82 bits per heavy atom. The number of hydrogen-bond donors (Lipinski definition) is 2. The molecule has 2 unspecified atom stereocenters. The van der Waals surface area contributed by atoms with Gasteiger partial charge in [0.15, 0.2) is 0 Å². The number of hydrogen-bond acceptors (Lipinski definition) is 2. The monoisotopic (exact) mass is 238 g/mol. The zero-order chi connectivity index (χ0) is 12.7. The summed E-state index contributed by atoms with van der Waals surface area (Å²) in [4.78, 5) is 0. The third-order valence-electron chi connectivity index (χ3n) is 5.36. The summed E-state index contributed by atoms with van der Waals surface area (Å²) in [5, 5.41) is 19.5. The molecule has 0 saturated heterocycles. The van der Waals surface area contributed by atoms with Crippen molar-refractivity contribution in [3.8, 4) is 0 Å². The lowest BCUT2D eigenvalue weighted by molar-refractivity contribution is -0.0821. The zero-order valence-electron chi connectivity index (χ0n) is 11.2. The second-order valence-electron chi connectivity index (χ2n) is 6.71. The maximum atomic E-state index is 10.2. The molecule has 2 aliphatic rings. The maximum Gasteiger partial charge on any atom is 0.0877 e. The molecule has 0 aromatic heterocycles. The summed E-state index contributed by atoms with van der Waals surface area (Å²) in [5.74, 6) is 0.772. The number of aliphatic hydroxyl groups excluding tert-OH is 1. The molecular formula is C15H26O2. The lowest BCUT2D eigenvalue weighted by Gasteiger charge is -2.51. The van der Waals surface area contributed by atoms with Crippen LogP contribution in [0, 0.1) is 17.3 Å². The average Bonchev–Trinajstić information content (AvgIpc) is 2.28. The molecule has 98 valence electrons. The lowest BCUT2D eigenvalue weighted by atomic mass is 9.55. The molecule has 0 aliphatic heterocycles. The van der Waals surface area contributed by atoms with Gasteiger partial charge in [-0.3, -0.25) is 0 Å². The van der Waals surface area contributed by atoms with Crippen LogP contribution in [0.1, 0.15) is 52.4 Å². The van der Waals surface area contributed by atoms with E-state index in [0.29, 0.717) is 11.3 Å². The van der Waals surface area contributed by atoms with Crippen molar-refractivity contribution in [3.05, 3.63) is 12.2 Å². The van der Waals surface area contributed by atoms with Crippen molar-refractivity contribution in [3.63, 3.8) is 0 Å². The lowest BCUT2D eigenvalue weighted by Crippen LogP contribution is -2.46. The van der Waals surface area contributed by atoms with E-state index in [1.165, 1.54) is 18.4 Å². The van der Waals surface area contributed by atoms with Gasteiger partial charge in [0.25, 0.3) is 0 Å². The van der Waals surface area contributed by atoms with Crippen LogP contribution in [-0.2, 0) is 0 Å². The van der Waals surface area contributed by atoms with E-state index in [-0.39, 0.29) is 12.5 Å². The molecule has 2 aliphatic carbocycles. The summed E-state index contributed by atoms with van der Waals surface area (Å²) < 4.78 is 0. The molecule has 0 aromatic carbocycles. The largest absolute Gasteiger partial charge is 0.393 e. The molecule has 2 N–H and O–H groups in total. The van der Waals surface area contributed by atoms with Gasteiger partial charge in [0.1, 0.15) is 0 Å². The van der Waals surface area contributed by atoms with Gasteiger partial charge in [0, 0.05) is 0 Å². The fourth-order valence-electron chi connectivity index (χ4n) is 3.91. The van der Waals surface area contributed by atoms with Crippen LogP contribution in [0.3, 0.4) is 0 Å². The van der Waals surface area contributed by atoms with E-state index < -0.39 is 5.60 Å². The molecule has 0 amide bonds. The van der Waals surface area contributed by atoms with Crippen LogP contribution in [0.4, 0.5) is 0 Å². The van der Waals surface area contributed by atoms with Gasteiger partial charge in [-0.1, -0.05) is 19.1 Å². The molecule has 2 nitrogen and oxygen atoms in total. The Labute approximate surface area is 105 Å². The highest BCUT2D eigenvalue weighted by Gasteiger charge is 2.46. The summed E-state index contributed by atoms with van der Waals surface area (Å²) in [7, 11) is 0. The summed E-state index contributed by atoms with van der Waals surface area (Å²) in [6.07, 6.45) is 6.92. The van der Waals surface area contributed by atoms with E-state index in [9.17, 15) is 10.2 Å². The normalized spacial score (nSPS) is 41.8. The van der Waals surface area contributed by atoms with E-state index in [1.807, 2.05) is 0 Å². The minimum absolute atomic E-state index is 0.131. The van der Waals surface area contributed by atoms with Crippen LogP contribution in [0.25, 0.3) is 0 Å². The molecule has 17 heavy (non-hydrogen) atoms. The number of allylic oxidation sites excluding steroid dienone is 1.